The van der Waals surface area contributed by atoms with Gasteiger partial charge >= 0.3 is 0 Å². The second kappa shape index (κ2) is 3.59. The Balaban J connectivity index is 2.47. The molecular weight excluding hydrogens is 152 g/mol. The van der Waals surface area contributed by atoms with E-state index in [4.69, 9.17) is 12.2 Å². The largest absolute Gasteiger partial charge is 0.325 e. The van der Waals surface area contributed by atoms with E-state index in [2.05, 4.69) is 12.8 Å². The van der Waals surface area contributed by atoms with E-state index in [0.717, 1.165) is 12.8 Å². The van der Waals surface area contributed by atoms with Gasteiger partial charge in [-0.3, -0.25) is 4.79 Å². The number of hydrogen-bond donors (Lipinski definition) is 1. The molecule has 2 unspecified atom stereocenters. The number of carbonyl (C=O) groups is 1. The number of nitrogens with two attached hydrogens (primary N) is 1. The van der Waals surface area contributed by atoms with Crippen LogP contribution >= 0.6 is 0 Å². The third-order valence-corrected chi connectivity index (χ3v) is 2.12. The molecule has 0 aromatic heterocycles. The first-order valence-electron chi connectivity index (χ1n) is 4.23. The second-order valence-electron chi connectivity index (χ2n) is 3.07. The zero-order valence-corrected chi connectivity index (χ0v) is 7.29. The van der Waals surface area contributed by atoms with Crippen molar-refractivity contribution in [3.8, 4) is 12.3 Å². The van der Waals surface area contributed by atoms with Crippen LogP contribution in [0.4, 0.5) is 0 Å². The lowest BCUT2D eigenvalue weighted by Crippen LogP contribution is -2.63. The van der Waals surface area contributed by atoms with E-state index in [1.165, 1.54) is 0 Å². The Morgan fingerprint density at radius 1 is 1.92 bits per heavy atom. The highest BCUT2D eigenvalue weighted by Crippen LogP contribution is 2.15. The smallest absolute Gasteiger partial charge is 0.242 e. The van der Waals surface area contributed by atoms with Gasteiger partial charge in [-0.25, -0.2) is 0 Å². The van der Waals surface area contributed by atoms with Crippen molar-refractivity contribution >= 4 is 5.91 Å². The van der Waals surface area contributed by atoms with Crippen LogP contribution in [0.3, 0.4) is 0 Å². The molecule has 1 aliphatic heterocycles. The van der Waals surface area contributed by atoms with Crippen LogP contribution in [0, 0.1) is 12.3 Å². The van der Waals surface area contributed by atoms with Gasteiger partial charge in [0.1, 0.15) is 6.04 Å². The molecule has 1 aliphatic rings. The van der Waals surface area contributed by atoms with E-state index >= 15 is 0 Å². The van der Waals surface area contributed by atoms with E-state index in [-0.39, 0.29) is 18.0 Å². The zero-order chi connectivity index (χ0) is 9.14. The fourth-order valence-corrected chi connectivity index (χ4v) is 1.36. The molecule has 0 spiro atoms. The summed E-state index contributed by atoms with van der Waals surface area (Å²) in [7, 11) is 0. The van der Waals surface area contributed by atoms with Crippen LogP contribution in [-0.4, -0.2) is 29.4 Å². The minimum Gasteiger partial charge on any atom is -0.325 e. The molecule has 1 rings (SSSR count). The molecule has 1 amide bonds. The Bertz CT molecular complexity index is 219. The van der Waals surface area contributed by atoms with Crippen molar-refractivity contribution in [2.45, 2.75) is 31.8 Å². The molecular formula is C9H14N2O. The van der Waals surface area contributed by atoms with Crippen LogP contribution in [-0.2, 0) is 4.79 Å². The third-order valence-electron chi connectivity index (χ3n) is 2.12. The zero-order valence-electron chi connectivity index (χ0n) is 7.29. The number of carbonyl (C=O) groups excluding carboxylic acids is 1. The van der Waals surface area contributed by atoms with Crippen molar-refractivity contribution in [3.05, 3.63) is 0 Å². The average molecular weight is 166 g/mol. The van der Waals surface area contributed by atoms with Crippen LogP contribution in [0.25, 0.3) is 0 Å². The Kier molecular flexibility index (Phi) is 2.72. The van der Waals surface area contributed by atoms with Gasteiger partial charge in [0.25, 0.3) is 0 Å². The highest BCUT2D eigenvalue weighted by Gasteiger charge is 2.37. The summed E-state index contributed by atoms with van der Waals surface area (Å²) in [5, 5.41) is 0. The number of likely N-dealkylation sites (tertiary alicyclic amines) is 1. The molecule has 1 saturated heterocycles. The van der Waals surface area contributed by atoms with Gasteiger partial charge in [-0.2, -0.15) is 0 Å². The van der Waals surface area contributed by atoms with E-state index in [0.29, 0.717) is 6.54 Å². The van der Waals surface area contributed by atoms with Gasteiger partial charge in [0, 0.05) is 6.54 Å². The summed E-state index contributed by atoms with van der Waals surface area (Å²) < 4.78 is 0. The first-order valence-corrected chi connectivity index (χ1v) is 4.23. The van der Waals surface area contributed by atoms with Crippen molar-refractivity contribution < 1.29 is 4.79 Å². The summed E-state index contributed by atoms with van der Waals surface area (Å²) in [5.41, 5.74) is 5.44. The van der Waals surface area contributed by atoms with Crippen LogP contribution in [0.2, 0.25) is 0 Å². The third kappa shape index (κ3) is 1.44. The Morgan fingerprint density at radius 2 is 2.58 bits per heavy atom. The van der Waals surface area contributed by atoms with E-state index in [1.54, 1.807) is 4.90 Å². The number of nitrogens with zero attached hydrogens (tertiary/aromatic N) is 1. The number of amides is 1. The maximum atomic E-state index is 11.1. The van der Waals surface area contributed by atoms with Crippen molar-refractivity contribution in [1.29, 1.82) is 0 Å². The number of terminal acetylenes is 1. The molecule has 0 aliphatic carbocycles. The van der Waals surface area contributed by atoms with Crippen molar-refractivity contribution in [3.63, 3.8) is 0 Å². The summed E-state index contributed by atoms with van der Waals surface area (Å²) in [5.74, 6) is 2.60. The molecule has 2 N–H and O–H groups in total. The lowest BCUT2D eigenvalue weighted by molar-refractivity contribution is -0.144. The molecule has 12 heavy (non-hydrogen) atoms. The topological polar surface area (TPSA) is 46.3 Å². The highest BCUT2D eigenvalue weighted by molar-refractivity contribution is 5.88. The number of hydrogen-bond acceptors (Lipinski definition) is 2. The molecule has 0 aromatic carbocycles. The normalized spacial score (nSPS) is 24.6. The monoisotopic (exact) mass is 166 g/mol. The van der Waals surface area contributed by atoms with Crippen LogP contribution in [0.5, 0.6) is 0 Å². The van der Waals surface area contributed by atoms with E-state index < -0.39 is 0 Å². The van der Waals surface area contributed by atoms with Gasteiger partial charge in [0.05, 0.1) is 6.04 Å². The van der Waals surface area contributed by atoms with Gasteiger partial charge in [0.2, 0.25) is 5.91 Å². The first-order chi connectivity index (χ1) is 5.70. The predicted molar refractivity (Wildman–Crippen MR) is 47.2 cm³/mol. The molecule has 0 saturated carbocycles. The maximum Gasteiger partial charge on any atom is 0.242 e. The minimum absolute atomic E-state index is 0.00796. The van der Waals surface area contributed by atoms with E-state index in [1.807, 2.05) is 0 Å². The van der Waals surface area contributed by atoms with Crippen molar-refractivity contribution in [2.24, 2.45) is 5.73 Å². The minimum atomic E-state index is -0.308. The van der Waals surface area contributed by atoms with Crippen LogP contribution in [0.1, 0.15) is 19.8 Å². The first kappa shape index (κ1) is 9.08. The molecule has 0 radical (unpaired) electrons. The molecule has 3 nitrogen and oxygen atoms in total. The highest BCUT2D eigenvalue weighted by atomic mass is 16.2. The standard InChI is InChI=1S/C9H14N2O/c1-3-5-7(4-2)11-6-8(10)9(11)12/h2,7-8H,3,5-6,10H2,1H3. The summed E-state index contributed by atoms with van der Waals surface area (Å²) in [4.78, 5) is 12.8. The van der Waals surface area contributed by atoms with Crippen molar-refractivity contribution in [1.82, 2.24) is 4.90 Å². The summed E-state index contributed by atoms with van der Waals surface area (Å²) >= 11 is 0. The molecule has 1 heterocycles. The molecule has 3 heteroatoms. The van der Waals surface area contributed by atoms with Gasteiger partial charge < -0.3 is 10.6 Å². The summed E-state index contributed by atoms with van der Waals surface area (Å²) in [6.45, 7) is 2.67. The summed E-state index contributed by atoms with van der Waals surface area (Å²) in [6, 6.07) is -0.347. The lowest BCUT2D eigenvalue weighted by Gasteiger charge is -2.39. The number of β-lactam (4-membered cyclic amide) rings is 1. The average Bonchev–Trinajstić information content (AvgIpc) is 2.10. The van der Waals surface area contributed by atoms with Gasteiger partial charge in [-0.1, -0.05) is 19.3 Å². The fourth-order valence-electron chi connectivity index (χ4n) is 1.36. The molecule has 0 aromatic rings. The van der Waals surface area contributed by atoms with Gasteiger partial charge in [-0.15, -0.1) is 6.42 Å². The fraction of sp³-hybridized carbons (Fsp3) is 0.667. The molecule has 66 valence electrons. The Morgan fingerprint density at radius 3 is 2.92 bits per heavy atom. The second-order valence-corrected chi connectivity index (χ2v) is 3.07. The van der Waals surface area contributed by atoms with Gasteiger partial charge in [-0.05, 0) is 6.42 Å². The molecule has 2 atom stereocenters. The summed E-state index contributed by atoms with van der Waals surface area (Å²) in [6.07, 6.45) is 7.16. The predicted octanol–water partition coefficient (Wildman–Crippen LogP) is -0.0422. The lowest BCUT2D eigenvalue weighted by atomic mass is 10.0. The SMILES string of the molecule is C#CC(CCC)N1CC(N)C1=O. The van der Waals surface area contributed by atoms with Gasteiger partial charge in [0.15, 0.2) is 0 Å². The maximum absolute atomic E-state index is 11.1. The van der Waals surface area contributed by atoms with Crippen LogP contribution < -0.4 is 5.73 Å². The van der Waals surface area contributed by atoms with E-state index in [9.17, 15) is 4.79 Å². The Hall–Kier alpha value is -1.01. The number of rotatable bonds is 3. The molecule has 1 fully saturated rings. The van der Waals surface area contributed by atoms with Crippen molar-refractivity contribution in [2.75, 3.05) is 6.54 Å². The van der Waals surface area contributed by atoms with Crippen LogP contribution in [0.15, 0.2) is 0 Å². The molecule has 0 bridgehead atoms. The Labute approximate surface area is 72.9 Å². The quantitative estimate of drug-likeness (QED) is 0.472.